The second kappa shape index (κ2) is 5.62. The third kappa shape index (κ3) is 2.95. The zero-order valence-corrected chi connectivity index (χ0v) is 13.6. The van der Waals surface area contributed by atoms with E-state index < -0.39 is 37.1 Å². The van der Waals surface area contributed by atoms with Crippen LogP contribution < -0.4 is 11.3 Å². The van der Waals surface area contributed by atoms with Crippen LogP contribution in [0.5, 0.6) is 0 Å². The Labute approximate surface area is 135 Å². The Balaban J connectivity index is 1.92. The number of rotatable bonds is 4. The van der Waals surface area contributed by atoms with Gasteiger partial charge in [0.25, 0.3) is 5.56 Å². The third-order valence-corrected chi connectivity index (χ3v) is 5.01. The van der Waals surface area contributed by atoms with Gasteiger partial charge in [0.1, 0.15) is 0 Å². The SMILES string of the molecule is C[C@]1(CCP(=O)(O)O)CO[C@@H](n2cnc3c(=O)[nH]c(N)nc32)[C@@H]1F. The van der Waals surface area contributed by atoms with Gasteiger partial charge in [-0.15, -0.1) is 0 Å². The average Bonchev–Trinajstić information content (AvgIpc) is 3.00. The number of hydrogen-bond donors (Lipinski definition) is 4. The van der Waals surface area contributed by atoms with Gasteiger partial charge in [-0.2, -0.15) is 4.98 Å². The number of nitrogens with two attached hydrogens (primary N) is 1. The number of alkyl halides is 1. The van der Waals surface area contributed by atoms with E-state index in [0.717, 1.165) is 0 Å². The van der Waals surface area contributed by atoms with Crippen molar-refractivity contribution in [2.45, 2.75) is 25.7 Å². The zero-order chi connectivity index (χ0) is 17.7. The van der Waals surface area contributed by atoms with E-state index in [1.165, 1.54) is 10.9 Å². The minimum atomic E-state index is -4.23. The maximum Gasteiger partial charge on any atom is 0.325 e. The summed E-state index contributed by atoms with van der Waals surface area (Å²) in [5.41, 5.74) is 3.97. The molecule has 12 heteroatoms. The largest absolute Gasteiger partial charge is 0.369 e. The zero-order valence-electron chi connectivity index (χ0n) is 12.7. The first-order valence-corrected chi connectivity index (χ1v) is 8.93. The van der Waals surface area contributed by atoms with E-state index in [0.29, 0.717) is 0 Å². The lowest BCUT2D eigenvalue weighted by molar-refractivity contribution is 0.0238. The van der Waals surface area contributed by atoms with Crippen molar-refractivity contribution < 1.29 is 23.5 Å². The van der Waals surface area contributed by atoms with E-state index in [-0.39, 0.29) is 30.1 Å². The average molecular weight is 361 g/mol. The van der Waals surface area contributed by atoms with Crippen LogP contribution in [0.2, 0.25) is 0 Å². The molecule has 0 radical (unpaired) electrons. The molecule has 0 unspecified atom stereocenters. The van der Waals surface area contributed by atoms with E-state index in [2.05, 4.69) is 15.0 Å². The monoisotopic (exact) mass is 361 g/mol. The fourth-order valence-corrected chi connectivity index (χ4v) is 3.55. The molecule has 132 valence electrons. The van der Waals surface area contributed by atoms with Crippen LogP contribution in [0.3, 0.4) is 0 Å². The lowest BCUT2D eigenvalue weighted by atomic mass is 9.84. The van der Waals surface area contributed by atoms with Crippen LogP contribution in [0.1, 0.15) is 19.6 Å². The number of aromatic amines is 1. The van der Waals surface area contributed by atoms with Gasteiger partial charge in [0.05, 0.1) is 19.1 Å². The predicted octanol–water partition coefficient (Wildman–Crippen LogP) is 0.143. The molecule has 2 aromatic rings. The van der Waals surface area contributed by atoms with Crippen molar-refractivity contribution in [3.63, 3.8) is 0 Å². The summed E-state index contributed by atoms with van der Waals surface area (Å²) in [5.74, 6) is -0.132. The van der Waals surface area contributed by atoms with Gasteiger partial charge < -0.3 is 20.3 Å². The number of nitrogens with zero attached hydrogens (tertiary/aromatic N) is 3. The van der Waals surface area contributed by atoms with Gasteiger partial charge >= 0.3 is 7.60 Å². The summed E-state index contributed by atoms with van der Waals surface area (Å²) in [7, 11) is -4.23. The Hall–Kier alpha value is -1.81. The molecule has 1 saturated heterocycles. The highest BCUT2D eigenvalue weighted by Crippen LogP contribution is 2.47. The summed E-state index contributed by atoms with van der Waals surface area (Å²) in [6.07, 6.45) is -1.92. The maximum absolute atomic E-state index is 14.9. The number of H-pyrrole nitrogens is 1. The summed E-state index contributed by atoms with van der Waals surface area (Å²) < 4.78 is 32.7. The first-order valence-electron chi connectivity index (χ1n) is 7.13. The van der Waals surface area contributed by atoms with Crippen LogP contribution in [0.25, 0.3) is 11.2 Å². The topological polar surface area (TPSA) is 156 Å². The Bertz CT molecular complexity index is 878. The standard InChI is InChI=1S/C12H17FN5O5P/c1-12(2-3-24(20,21)22)4-23-10(7(12)13)18-5-15-6-8(18)16-11(14)17-9(6)19/h5,7,10H,2-4H2,1H3,(H2,20,21,22)(H3,14,16,17,19)/t7-,10+,12-/m0/s1. The van der Waals surface area contributed by atoms with Crippen LogP contribution in [0, 0.1) is 5.41 Å². The number of nitrogen functional groups attached to an aromatic ring is 1. The molecule has 10 nitrogen and oxygen atoms in total. The Kier molecular flexibility index (Phi) is 3.99. The molecular formula is C12H17FN5O5P. The number of hydrogen-bond acceptors (Lipinski definition) is 6. The minimum absolute atomic E-state index is 0.00354. The highest BCUT2D eigenvalue weighted by molar-refractivity contribution is 7.51. The van der Waals surface area contributed by atoms with Crippen molar-refractivity contribution in [1.82, 2.24) is 19.5 Å². The number of imidazole rings is 1. The lowest BCUT2D eigenvalue weighted by Gasteiger charge is -2.26. The Morgan fingerprint density at radius 3 is 3.00 bits per heavy atom. The molecule has 3 rings (SSSR count). The molecule has 1 aliphatic heterocycles. The van der Waals surface area contributed by atoms with Crippen LogP contribution >= 0.6 is 7.60 Å². The van der Waals surface area contributed by atoms with Crippen molar-refractivity contribution >= 4 is 24.7 Å². The van der Waals surface area contributed by atoms with Crippen molar-refractivity contribution in [2.24, 2.45) is 5.41 Å². The molecule has 0 spiro atoms. The van der Waals surface area contributed by atoms with Gasteiger partial charge in [-0.3, -0.25) is 18.9 Å². The maximum atomic E-state index is 14.9. The molecule has 0 saturated carbocycles. The molecule has 3 atom stereocenters. The predicted molar refractivity (Wildman–Crippen MR) is 82.1 cm³/mol. The molecule has 0 aromatic carbocycles. The van der Waals surface area contributed by atoms with Gasteiger partial charge in [0, 0.05) is 5.41 Å². The first kappa shape index (κ1) is 17.0. The minimum Gasteiger partial charge on any atom is -0.369 e. The summed E-state index contributed by atoms with van der Waals surface area (Å²) in [6.45, 7) is 1.53. The first-order chi connectivity index (χ1) is 11.1. The van der Waals surface area contributed by atoms with Crippen molar-refractivity contribution in [3.05, 3.63) is 16.7 Å². The normalized spacial score (nSPS) is 27.8. The molecule has 1 aliphatic rings. The van der Waals surface area contributed by atoms with Crippen LogP contribution in [0.15, 0.2) is 11.1 Å². The number of halogens is 1. The molecule has 0 aliphatic carbocycles. The molecule has 24 heavy (non-hydrogen) atoms. The number of fused-ring (bicyclic) bond motifs is 1. The molecule has 3 heterocycles. The molecule has 5 N–H and O–H groups in total. The second-order valence-corrected chi connectivity index (χ2v) is 7.95. The lowest BCUT2D eigenvalue weighted by Crippen LogP contribution is -2.31. The van der Waals surface area contributed by atoms with Crippen molar-refractivity contribution in [3.8, 4) is 0 Å². The highest BCUT2D eigenvalue weighted by Gasteiger charge is 2.49. The van der Waals surface area contributed by atoms with Crippen molar-refractivity contribution in [2.75, 3.05) is 18.5 Å². The van der Waals surface area contributed by atoms with E-state index in [1.54, 1.807) is 6.92 Å². The van der Waals surface area contributed by atoms with Crippen LogP contribution in [-0.2, 0) is 9.30 Å². The third-order valence-electron chi connectivity index (χ3n) is 4.20. The van der Waals surface area contributed by atoms with E-state index >= 15 is 0 Å². The van der Waals surface area contributed by atoms with E-state index in [9.17, 15) is 13.8 Å². The smallest absolute Gasteiger partial charge is 0.325 e. The summed E-state index contributed by atoms with van der Waals surface area (Å²) in [5, 5.41) is 0. The number of nitrogens with one attached hydrogen (secondary N) is 1. The van der Waals surface area contributed by atoms with Crippen LogP contribution in [-0.4, -0.2) is 48.2 Å². The summed E-state index contributed by atoms with van der Waals surface area (Å²) in [6, 6.07) is 0. The fraction of sp³-hybridized carbons (Fsp3) is 0.583. The van der Waals surface area contributed by atoms with Gasteiger partial charge in [-0.1, -0.05) is 6.92 Å². The highest BCUT2D eigenvalue weighted by atomic mass is 31.2. The van der Waals surface area contributed by atoms with Gasteiger partial charge in [-0.25, -0.2) is 9.37 Å². The Morgan fingerprint density at radius 2 is 2.33 bits per heavy atom. The summed E-state index contributed by atoms with van der Waals surface area (Å²) >= 11 is 0. The number of aromatic nitrogens is 4. The Morgan fingerprint density at radius 1 is 1.62 bits per heavy atom. The summed E-state index contributed by atoms with van der Waals surface area (Å²) in [4.78, 5) is 39.9. The van der Waals surface area contributed by atoms with Gasteiger partial charge in [-0.05, 0) is 6.42 Å². The molecule has 1 fully saturated rings. The van der Waals surface area contributed by atoms with Gasteiger partial charge in [0.15, 0.2) is 23.6 Å². The second-order valence-electron chi connectivity index (χ2n) is 6.17. The fourth-order valence-electron chi connectivity index (χ4n) is 2.75. The molecular weight excluding hydrogens is 344 g/mol. The van der Waals surface area contributed by atoms with E-state index in [1.807, 2.05) is 0 Å². The molecule has 0 amide bonds. The van der Waals surface area contributed by atoms with Crippen LogP contribution in [0.4, 0.5) is 10.3 Å². The number of ether oxygens (including phenoxy) is 1. The van der Waals surface area contributed by atoms with E-state index in [4.69, 9.17) is 20.3 Å². The van der Waals surface area contributed by atoms with Gasteiger partial charge in [0.2, 0.25) is 5.95 Å². The van der Waals surface area contributed by atoms with Crippen molar-refractivity contribution in [1.29, 1.82) is 0 Å². The molecule has 0 bridgehead atoms. The quantitative estimate of drug-likeness (QED) is 0.560. The molecule has 2 aromatic heterocycles. The number of anilines is 1.